The second-order valence-corrected chi connectivity index (χ2v) is 7.11. The van der Waals surface area contributed by atoms with Gasteiger partial charge in [0.2, 0.25) is 0 Å². The minimum Gasteiger partial charge on any atom is -0.789 e. The van der Waals surface area contributed by atoms with Crippen LogP contribution >= 0.6 is 22.7 Å². The molecule has 0 atom stereocenters. The molecule has 2 rings (SSSR count). The first-order valence-electron chi connectivity index (χ1n) is 6.07. The molecule has 0 nitrogen and oxygen atoms in total. The monoisotopic (exact) mass is 454 g/mol. The summed E-state index contributed by atoms with van der Waals surface area (Å²) in [5.41, 5.74) is 0. The van der Waals surface area contributed by atoms with Gasteiger partial charge in [0.25, 0.3) is 0 Å². The first kappa shape index (κ1) is 22.7. The van der Waals surface area contributed by atoms with Crippen molar-refractivity contribution in [2.45, 2.75) is 0 Å². The Labute approximate surface area is 178 Å². The molecule has 2 aromatic heterocycles. The average molecular weight is 455 g/mol. The van der Waals surface area contributed by atoms with Crippen molar-refractivity contribution >= 4 is 85.3 Å². The van der Waals surface area contributed by atoms with Crippen LogP contribution in [0.1, 0.15) is 9.75 Å². The third-order valence-corrected chi connectivity index (χ3v) is 5.13. The van der Waals surface area contributed by atoms with E-state index in [0.29, 0.717) is 9.81 Å². The summed E-state index contributed by atoms with van der Waals surface area (Å²) in [4.78, 5) is 3.80. The molecule has 0 saturated carbocycles. The summed E-state index contributed by atoms with van der Waals surface area (Å²) in [7, 11) is 0. The summed E-state index contributed by atoms with van der Waals surface area (Å²) in [6, 6.07) is 8.08. The van der Waals surface area contributed by atoms with E-state index in [1.54, 1.807) is 22.7 Å². The number of thiophene rings is 2. The van der Waals surface area contributed by atoms with Gasteiger partial charge in [-0.05, 0) is 35.0 Å². The van der Waals surface area contributed by atoms with Crippen LogP contribution in [-0.2, 0) is 67.0 Å². The Kier molecular flexibility index (Phi) is 13.9. The molecule has 2 aromatic rings. The Morgan fingerprint density at radius 1 is 0.783 bits per heavy atom. The summed E-state index contributed by atoms with van der Waals surface area (Å²) >= 11 is 22.4. The van der Waals surface area contributed by atoms with E-state index in [-0.39, 0.29) is 16.5 Å². The van der Waals surface area contributed by atoms with Crippen molar-refractivity contribution in [1.82, 2.24) is 0 Å². The number of hydrogen-bond donors (Lipinski definition) is 0. The van der Waals surface area contributed by atoms with Gasteiger partial charge in [0.05, 0.1) is 0 Å². The van der Waals surface area contributed by atoms with Gasteiger partial charge < -0.3 is 50.5 Å². The summed E-state index contributed by atoms with van der Waals surface area (Å²) in [6.45, 7) is 0. The Morgan fingerprint density at radius 2 is 1.17 bits per heavy atom. The fourth-order valence-corrected chi connectivity index (χ4v) is 2.71. The Morgan fingerprint density at radius 3 is 1.43 bits per heavy atom. The number of allylic oxidation sites excluding steroid dienone is 2. The second-order valence-electron chi connectivity index (χ2n) is 3.74. The summed E-state index contributed by atoms with van der Waals surface area (Å²) in [6.07, 6.45) is 7.62. The van der Waals surface area contributed by atoms with E-state index in [4.69, 9.17) is 25.3 Å². The molecule has 0 aliphatic carbocycles. The summed E-state index contributed by atoms with van der Waals surface area (Å²) < 4.78 is 0. The molecule has 7 heteroatoms. The molecule has 0 saturated heterocycles. The van der Waals surface area contributed by atoms with E-state index in [1.807, 2.05) is 59.3 Å². The average Bonchev–Trinajstić information content (AvgIpc) is 3.24. The van der Waals surface area contributed by atoms with Crippen molar-refractivity contribution < 1.29 is 16.5 Å². The quantitative estimate of drug-likeness (QED) is 0.344. The molecule has 0 spiro atoms. The molecule has 0 radical (unpaired) electrons. The maximum Gasteiger partial charge on any atom is 0.0269 e. The van der Waals surface area contributed by atoms with Gasteiger partial charge in [-0.25, -0.2) is 20.6 Å². The smallest absolute Gasteiger partial charge is 0.0269 e. The Bertz CT molecular complexity index is 578. The van der Waals surface area contributed by atoms with Crippen LogP contribution in [0.15, 0.2) is 67.8 Å². The van der Waals surface area contributed by atoms with Gasteiger partial charge in [-0.2, -0.15) is 0 Å². The van der Waals surface area contributed by atoms with E-state index in [2.05, 4.69) is 25.3 Å². The van der Waals surface area contributed by atoms with E-state index in [1.165, 1.54) is 20.6 Å². The maximum absolute atomic E-state index is 4.89. The fourth-order valence-electron chi connectivity index (χ4n) is 1.18. The first-order valence-corrected chi connectivity index (χ1v) is 9.59. The fraction of sp³-hybridized carbons (Fsp3) is 0. The molecule has 0 unspecified atom stereocenters. The van der Waals surface area contributed by atoms with Crippen LogP contribution in [0.5, 0.6) is 0 Å². The minimum absolute atomic E-state index is 0. The molecule has 0 aliphatic rings. The zero-order valence-corrected chi connectivity index (χ0v) is 17.6. The van der Waals surface area contributed by atoms with Crippen LogP contribution in [-0.4, -0.2) is 0 Å². The van der Waals surface area contributed by atoms with Gasteiger partial charge in [-0.3, -0.25) is 0 Å². The molecule has 0 amide bonds. The predicted octanol–water partition coefficient (Wildman–Crippen LogP) is 5.39. The van der Waals surface area contributed by atoms with Crippen LogP contribution in [0.3, 0.4) is 0 Å². The maximum atomic E-state index is 4.89. The molecular weight excluding hydrogens is 443 g/mol. The molecule has 23 heavy (non-hydrogen) atoms. The van der Waals surface area contributed by atoms with Crippen molar-refractivity contribution in [2.75, 3.05) is 0 Å². The predicted molar refractivity (Wildman–Crippen MR) is 112 cm³/mol. The number of rotatable bonds is 4. The molecule has 0 bridgehead atoms. The van der Waals surface area contributed by atoms with Crippen molar-refractivity contribution in [3.63, 3.8) is 0 Å². The van der Waals surface area contributed by atoms with E-state index >= 15 is 0 Å². The van der Waals surface area contributed by atoms with E-state index in [0.717, 1.165) is 0 Å². The molecule has 2 heterocycles. The van der Waals surface area contributed by atoms with Crippen LogP contribution in [0.4, 0.5) is 0 Å². The molecule has 0 N–H and O–H groups in total. The van der Waals surface area contributed by atoms with Crippen LogP contribution in [0.25, 0.3) is 12.2 Å². The van der Waals surface area contributed by atoms with Crippen molar-refractivity contribution in [2.24, 2.45) is 0 Å². The van der Waals surface area contributed by atoms with Crippen molar-refractivity contribution in [3.8, 4) is 0 Å². The van der Waals surface area contributed by atoms with Crippen molar-refractivity contribution in [1.29, 1.82) is 0 Å². The van der Waals surface area contributed by atoms with Crippen LogP contribution in [0, 0.1) is 0 Å². The first-order chi connectivity index (χ1) is 10.7. The third kappa shape index (κ3) is 11.0. The van der Waals surface area contributed by atoms with Crippen LogP contribution < -0.4 is 0 Å². The zero-order chi connectivity index (χ0) is 16.2. The summed E-state index contributed by atoms with van der Waals surface area (Å²) in [5.74, 6) is 0. The van der Waals surface area contributed by atoms with Gasteiger partial charge in [0.1, 0.15) is 0 Å². The molecular formula is C16H12NiS6-4. The second kappa shape index (κ2) is 14.1. The Hall–Kier alpha value is -0.266. The Balaban J connectivity index is 0.000000403. The van der Waals surface area contributed by atoms with Crippen LogP contribution in [0.2, 0.25) is 0 Å². The van der Waals surface area contributed by atoms with E-state index in [9.17, 15) is 0 Å². The van der Waals surface area contributed by atoms with Gasteiger partial charge in [0, 0.05) is 26.2 Å². The summed E-state index contributed by atoms with van der Waals surface area (Å²) in [5, 5.41) is 7.05. The van der Waals surface area contributed by atoms with Gasteiger partial charge in [-0.15, -0.1) is 22.7 Å². The third-order valence-electron chi connectivity index (χ3n) is 2.14. The molecule has 0 aliphatic heterocycles. The van der Waals surface area contributed by atoms with E-state index < -0.39 is 0 Å². The molecule has 0 fully saturated rings. The molecule has 126 valence electrons. The minimum atomic E-state index is 0. The zero-order valence-electron chi connectivity index (χ0n) is 11.7. The number of hydrogen-bond acceptors (Lipinski definition) is 6. The topological polar surface area (TPSA) is 0 Å². The largest absolute Gasteiger partial charge is 0.789 e. The normalized spacial score (nSPS) is 12.0. The standard InChI is InChI=1S/2C8H8S3.Ni/c2*9-6-7(10)3-4-8-2-1-5-11-8;/h2*1-6,9-10H;/p-4/b2*4-3+,7-6-;. The molecule has 0 aromatic carbocycles. The van der Waals surface area contributed by atoms with Gasteiger partial charge >= 0.3 is 0 Å². The van der Waals surface area contributed by atoms with Crippen molar-refractivity contribution in [3.05, 3.63) is 77.6 Å². The van der Waals surface area contributed by atoms with Gasteiger partial charge in [0.15, 0.2) is 0 Å². The SMILES string of the molecule is [Ni].[S-]/C=C([S-])/C=C/c1cccs1.[S-]/C=C([S-])/C=C/c1cccs1. The van der Waals surface area contributed by atoms with Gasteiger partial charge in [-0.1, -0.05) is 24.3 Å².